The van der Waals surface area contributed by atoms with Gasteiger partial charge in [-0.25, -0.2) is 4.79 Å². The third kappa shape index (κ3) is 3.47. The molecule has 0 aromatic heterocycles. The molecular formula is C18H24N2O4. The van der Waals surface area contributed by atoms with E-state index in [2.05, 4.69) is 5.32 Å². The molecule has 0 unspecified atom stereocenters. The number of fused-ring (bicyclic) bond motifs is 1. The summed E-state index contributed by atoms with van der Waals surface area (Å²) < 4.78 is 11.7. The van der Waals surface area contributed by atoms with Crippen molar-refractivity contribution >= 4 is 12.0 Å². The van der Waals surface area contributed by atoms with Crippen molar-refractivity contribution in [1.82, 2.24) is 10.2 Å². The summed E-state index contributed by atoms with van der Waals surface area (Å²) in [5.41, 5.74) is -0.414. The van der Waals surface area contributed by atoms with Crippen molar-refractivity contribution in [3.05, 3.63) is 29.8 Å². The first-order valence-electron chi connectivity index (χ1n) is 8.32. The van der Waals surface area contributed by atoms with Gasteiger partial charge in [0.1, 0.15) is 17.0 Å². The summed E-state index contributed by atoms with van der Waals surface area (Å²) in [5, 5.41) is 2.94. The second-order valence-electron chi connectivity index (χ2n) is 7.43. The Kier molecular flexibility index (Phi) is 4.15. The van der Waals surface area contributed by atoms with E-state index in [1.807, 2.05) is 39.0 Å². The quantitative estimate of drug-likeness (QED) is 0.793. The van der Waals surface area contributed by atoms with Gasteiger partial charge in [-0.05, 0) is 32.9 Å². The highest BCUT2D eigenvalue weighted by atomic mass is 16.6. The Morgan fingerprint density at radius 2 is 1.92 bits per heavy atom. The molecule has 0 aliphatic carbocycles. The van der Waals surface area contributed by atoms with Crippen molar-refractivity contribution < 1.29 is 19.1 Å². The van der Waals surface area contributed by atoms with Gasteiger partial charge >= 0.3 is 6.09 Å². The molecule has 6 nitrogen and oxygen atoms in total. The molecule has 0 radical (unpaired) electrons. The van der Waals surface area contributed by atoms with E-state index in [1.54, 1.807) is 11.0 Å². The zero-order valence-electron chi connectivity index (χ0n) is 14.4. The van der Waals surface area contributed by atoms with E-state index >= 15 is 0 Å². The Morgan fingerprint density at radius 1 is 1.25 bits per heavy atom. The van der Waals surface area contributed by atoms with E-state index in [0.29, 0.717) is 43.8 Å². The minimum Gasteiger partial charge on any atom is -0.484 e. The Labute approximate surface area is 142 Å². The fourth-order valence-corrected chi connectivity index (χ4v) is 3.05. The van der Waals surface area contributed by atoms with Gasteiger partial charge in [0.05, 0.1) is 12.1 Å². The maximum absolute atomic E-state index is 12.2. The minimum atomic E-state index is -0.502. The smallest absolute Gasteiger partial charge is 0.410 e. The van der Waals surface area contributed by atoms with Crippen LogP contribution in [0.25, 0.3) is 0 Å². The lowest BCUT2D eigenvalue weighted by Gasteiger charge is -2.41. The third-order valence-electron chi connectivity index (χ3n) is 4.36. The van der Waals surface area contributed by atoms with E-state index in [1.165, 1.54) is 0 Å². The lowest BCUT2D eigenvalue weighted by molar-refractivity contribution is -0.0151. The average molecular weight is 332 g/mol. The summed E-state index contributed by atoms with van der Waals surface area (Å²) in [6, 6.07) is 7.27. The molecule has 3 rings (SSSR count). The molecule has 24 heavy (non-hydrogen) atoms. The van der Waals surface area contributed by atoms with Crippen molar-refractivity contribution in [1.29, 1.82) is 0 Å². The molecule has 2 amide bonds. The summed E-state index contributed by atoms with van der Waals surface area (Å²) in [6.45, 7) is 7.12. The number of carbonyl (C=O) groups is 2. The zero-order valence-corrected chi connectivity index (χ0v) is 14.4. The Hall–Kier alpha value is -2.24. The fourth-order valence-electron chi connectivity index (χ4n) is 3.05. The lowest BCUT2D eigenvalue weighted by Crippen LogP contribution is -2.54. The van der Waals surface area contributed by atoms with E-state index in [-0.39, 0.29) is 12.0 Å². The number of piperidine rings is 1. The number of ether oxygens (including phenoxy) is 2. The van der Waals surface area contributed by atoms with Gasteiger partial charge in [0.15, 0.2) is 0 Å². The SMILES string of the molecule is CC(C)(C)OC(=O)N1CCC2(CC1)CNC(=O)c1ccccc1O2. The standard InChI is InChI=1S/C18H24N2O4/c1-17(2,3)24-16(22)20-10-8-18(9-11-20)12-19-15(21)13-6-4-5-7-14(13)23-18/h4-7H,8-12H2,1-3H3,(H,19,21). The van der Waals surface area contributed by atoms with Crippen molar-refractivity contribution in [3.8, 4) is 5.75 Å². The molecule has 1 aromatic carbocycles. The predicted octanol–water partition coefficient (Wildman–Crippen LogP) is 2.58. The van der Waals surface area contributed by atoms with Crippen molar-refractivity contribution in [3.63, 3.8) is 0 Å². The van der Waals surface area contributed by atoms with Crippen LogP contribution in [0.4, 0.5) is 4.79 Å². The molecule has 2 aliphatic heterocycles. The predicted molar refractivity (Wildman–Crippen MR) is 89.2 cm³/mol. The van der Waals surface area contributed by atoms with Gasteiger partial charge < -0.3 is 19.7 Å². The molecule has 1 spiro atoms. The molecule has 1 N–H and O–H groups in total. The Bertz CT molecular complexity index is 643. The highest BCUT2D eigenvalue weighted by Crippen LogP contribution is 2.33. The molecular weight excluding hydrogens is 308 g/mol. The summed E-state index contributed by atoms with van der Waals surface area (Å²) in [5.74, 6) is 0.496. The van der Waals surface area contributed by atoms with Gasteiger partial charge in [0, 0.05) is 25.9 Å². The van der Waals surface area contributed by atoms with E-state index in [9.17, 15) is 9.59 Å². The van der Waals surface area contributed by atoms with Crippen LogP contribution < -0.4 is 10.1 Å². The summed E-state index contributed by atoms with van der Waals surface area (Å²) >= 11 is 0. The topological polar surface area (TPSA) is 67.9 Å². The van der Waals surface area contributed by atoms with Gasteiger partial charge in [-0.2, -0.15) is 0 Å². The van der Waals surface area contributed by atoms with E-state index in [0.717, 1.165) is 0 Å². The molecule has 2 heterocycles. The van der Waals surface area contributed by atoms with Crippen LogP contribution in [0.1, 0.15) is 44.0 Å². The second-order valence-corrected chi connectivity index (χ2v) is 7.43. The van der Waals surface area contributed by atoms with Crippen molar-refractivity contribution in [2.75, 3.05) is 19.6 Å². The normalized spacial score (nSPS) is 19.8. The van der Waals surface area contributed by atoms with Crippen molar-refractivity contribution in [2.24, 2.45) is 0 Å². The summed E-state index contributed by atoms with van der Waals surface area (Å²) in [7, 11) is 0. The van der Waals surface area contributed by atoms with Crippen LogP contribution in [0.5, 0.6) is 5.75 Å². The summed E-state index contributed by atoms with van der Waals surface area (Å²) in [6.07, 6.45) is 1.01. The highest BCUT2D eigenvalue weighted by molar-refractivity contribution is 5.97. The number of benzene rings is 1. The van der Waals surface area contributed by atoms with Gasteiger partial charge in [0.2, 0.25) is 0 Å². The molecule has 130 valence electrons. The number of nitrogens with one attached hydrogen (secondary N) is 1. The van der Waals surface area contributed by atoms with Crippen LogP contribution >= 0.6 is 0 Å². The van der Waals surface area contributed by atoms with Gasteiger partial charge in [-0.1, -0.05) is 12.1 Å². The first kappa shape index (κ1) is 16.6. The molecule has 1 aromatic rings. The van der Waals surface area contributed by atoms with Crippen molar-refractivity contribution in [2.45, 2.75) is 44.8 Å². The number of rotatable bonds is 0. The maximum Gasteiger partial charge on any atom is 0.410 e. The Balaban J connectivity index is 1.70. The van der Waals surface area contributed by atoms with E-state index in [4.69, 9.17) is 9.47 Å². The maximum atomic E-state index is 12.2. The zero-order chi connectivity index (χ0) is 17.4. The minimum absolute atomic E-state index is 0.114. The van der Waals surface area contributed by atoms with Gasteiger partial charge in [-0.3, -0.25) is 4.79 Å². The van der Waals surface area contributed by atoms with Crippen LogP contribution in [0.3, 0.4) is 0 Å². The van der Waals surface area contributed by atoms with Crippen LogP contribution in [-0.4, -0.2) is 47.7 Å². The number of nitrogens with zero attached hydrogens (tertiary/aromatic N) is 1. The monoisotopic (exact) mass is 332 g/mol. The molecule has 0 bridgehead atoms. The molecule has 1 fully saturated rings. The number of para-hydroxylation sites is 1. The second kappa shape index (κ2) is 6.00. The first-order chi connectivity index (χ1) is 11.3. The van der Waals surface area contributed by atoms with E-state index < -0.39 is 11.2 Å². The number of carbonyl (C=O) groups excluding carboxylic acids is 2. The number of amides is 2. The fraction of sp³-hybridized carbons (Fsp3) is 0.556. The number of hydrogen-bond donors (Lipinski definition) is 1. The summed E-state index contributed by atoms with van der Waals surface area (Å²) in [4.78, 5) is 26.1. The number of likely N-dealkylation sites (tertiary alicyclic amines) is 1. The third-order valence-corrected chi connectivity index (χ3v) is 4.36. The molecule has 2 aliphatic rings. The molecule has 1 saturated heterocycles. The molecule has 6 heteroatoms. The first-order valence-corrected chi connectivity index (χ1v) is 8.32. The van der Waals surface area contributed by atoms with Crippen LogP contribution in [0.2, 0.25) is 0 Å². The number of hydrogen-bond acceptors (Lipinski definition) is 4. The average Bonchev–Trinajstić information content (AvgIpc) is 2.64. The van der Waals surface area contributed by atoms with Crippen LogP contribution in [0.15, 0.2) is 24.3 Å². The largest absolute Gasteiger partial charge is 0.484 e. The van der Waals surface area contributed by atoms with Crippen LogP contribution in [0, 0.1) is 0 Å². The van der Waals surface area contributed by atoms with Gasteiger partial charge in [0.25, 0.3) is 5.91 Å². The Morgan fingerprint density at radius 3 is 2.58 bits per heavy atom. The molecule has 0 saturated carbocycles. The lowest BCUT2D eigenvalue weighted by atomic mass is 9.91. The van der Waals surface area contributed by atoms with Crippen LogP contribution in [-0.2, 0) is 4.74 Å². The van der Waals surface area contributed by atoms with Gasteiger partial charge in [-0.15, -0.1) is 0 Å². The highest BCUT2D eigenvalue weighted by Gasteiger charge is 2.41. The molecule has 0 atom stereocenters.